The predicted octanol–water partition coefficient (Wildman–Crippen LogP) is -1.56. The zero-order valence-corrected chi connectivity index (χ0v) is 11.1. The van der Waals surface area contributed by atoms with E-state index in [0.29, 0.717) is 6.42 Å². The molecule has 0 spiro atoms. The Bertz CT molecular complexity index is 508. The number of carboxylic acid groups (broad SMARTS) is 1. The molecule has 1 saturated heterocycles. The van der Waals surface area contributed by atoms with E-state index in [4.69, 9.17) is 17.3 Å². The molecule has 1 rings (SSSR count). The highest BCUT2D eigenvalue weighted by Crippen LogP contribution is 2.18. The molecule has 3 N–H and O–H groups in total. The van der Waals surface area contributed by atoms with Crippen molar-refractivity contribution in [2.45, 2.75) is 24.9 Å². The van der Waals surface area contributed by atoms with Crippen LogP contribution in [0.4, 0.5) is 0 Å². The molecule has 2 unspecified atom stereocenters. The van der Waals surface area contributed by atoms with Gasteiger partial charge in [-0.05, 0) is 6.42 Å². The highest BCUT2D eigenvalue weighted by molar-refractivity contribution is 7.91. The molecule has 0 aliphatic carbocycles. The van der Waals surface area contributed by atoms with Crippen LogP contribution in [0.25, 0.3) is 0 Å². The van der Waals surface area contributed by atoms with Crippen molar-refractivity contribution in [3.63, 3.8) is 0 Å². The van der Waals surface area contributed by atoms with E-state index in [1.807, 2.05) is 0 Å². The fourth-order valence-electron chi connectivity index (χ4n) is 1.99. The Labute approximate surface area is 111 Å². The molecule has 1 heterocycles. The van der Waals surface area contributed by atoms with Gasteiger partial charge < -0.3 is 15.7 Å². The zero-order valence-electron chi connectivity index (χ0n) is 10.3. The van der Waals surface area contributed by atoms with Gasteiger partial charge in [-0.25, -0.2) is 8.42 Å². The number of nitrogens with zero attached hydrogens (tertiary/aromatic N) is 1. The molecule has 1 aliphatic heterocycles. The molecule has 19 heavy (non-hydrogen) atoms. The lowest BCUT2D eigenvalue weighted by atomic mass is 10.1. The summed E-state index contributed by atoms with van der Waals surface area (Å²) in [5.41, 5.74) is 5.49. The number of nitrogens with two attached hydrogens (primary N) is 1. The maximum atomic E-state index is 12.0. The van der Waals surface area contributed by atoms with Gasteiger partial charge in [0.15, 0.2) is 9.84 Å². The number of terminal acetylenes is 1. The van der Waals surface area contributed by atoms with Crippen molar-refractivity contribution in [1.29, 1.82) is 0 Å². The SMILES string of the molecule is C#CCN(C(=O)C(N)CC(=O)O)C1CCS(=O)(=O)C1. The van der Waals surface area contributed by atoms with E-state index in [2.05, 4.69) is 5.92 Å². The number of carbonyl (C=O) groups is 2. The number of hydrogen-bond acceptors (Lipinski definition) is 5. The summed E-state index contributed by atoms with van der Waals surface area (Å²) in [4.78, 5) is 23.7. The van der Waals surface area contributed by atoms with Gasteiger partial charge in [0.2, 0.25) is 5.91 Å². The summed E-state index contributed by atoms with van der Waals surface area (Å²) in [7, 11) is -3.16. The van der Waals surface area contributed by atoms with Crippen LogP contribution in [-0.2, 0) is 19.4 Å². The van der Waals surface area contributed by atoms with Crippen LogP contribution in [0.5, 0.6) is 0 Å². The number of rotatable bonds is 5. The summed E-state index contributed by atoms with van der Waals surface area (Å²) < 4.78 is 22.8. The average Bonchev–Trinajstić information content (AvgIpc) is 2.64. The lowest BCUT2D eigenvalue weighted by Gasteiger charge is -2.28. The second-order valence-electron chi connectivity index (χ2n) is 4.43. The van der Waals surface area contributed by atoms with Crippen molar-refractivity contribution in [2.75, 3.05) is 18.1 Å². The Morgan fingerprint density at radius 1 is 1.53 bits per heavy atom. The standard InChI is InChI=1S/C11H16N2O5S/c1-2-4-13(8-3-5-19(17,18)7-8)11(16)9(12)6-10(14)15/h1,8-9H,3-7,12H2,(H,14,15). The van der Waals surface area contributed by atoms with Crippen molar-refractivity contribution < 1.29 is 23.1 Å². The molecule has 1 amide bonds. The minimum atomic E-state index is -3.16. The highest BCUT2D eigenvalue weighted by Gasteiger charge is 2.36. The number of carbonyl (C=O) groups excluding carboxylic acids is 1. The van der Waals surface area contributed by atoms with E-state index in [1.54, 1.807) is 0 Å². The summed E-state index contributed by atoms with van der Waals surface area (Å²) in [5.74, 6) is 0.299. The van der Waals surface area contributed by atoms with Crippen molar-refractivity contribution in [3.8, 4) is 12.3 Å². The third-order valence-electron chi connectivity index (χ3n) is 2.91. The van der Waals surface area contributed by atoms with Crippen LogP contribution in [0.2, 0.25) is 0 Å². The summed E-state index contributed by atoms with van der Waals surface area (Å²) >= 11 is 0. The topological polar surface area (TPSA) is 118 Å². The molecule has 7 nitrogen and oxygen atoms in total. The smallest absolute Gasteiger partial charge is 0.305 e. The van der Waals surface area contributed by atoms with Gasteiger partial charge in [0.05, 0.1) is 30.5 Å². The zero-order chi connectivity index (χ0) is 14.6. The van der Waals surface area contributed by atoms with E-state index in [-0.39, 0.29) is 18.1 Å². The minimum Gasteiger partial charge on any atom is -0.481 e. The molecule has 0 aromatic rings. The van der Waals surface area contributed by atoms with Crippen LogP contribution in [-0.4, -0.2) is 60.4 Å². The molecular formula is C11H16N2O5S. The quantitative estimate of drug-likeness (QED) is 0.591. The van der Waals surface area contributed by atoms with Gasteiger partial charge in [0, 0.05) is 6.04 Å². The summed E-state index contributed by atoms with van der Waals surface area (Å²) in [6, 6.07) is -1.73. The molecule has 2 atom stereocenters. The molecule has 106 valence electrons. The van der Waals surface area contributed by atoms with Gasteiger partial charge >= 0.3 is 5.97 Å². The second kappa shape index (κ2) is 6.04. The highest BCUT2D eigenvalue weighted by atomic mass is 32.2. The minimum absolute atomic E-state index is 0.000185. The Morgan fingerprint density at radius 2 is 2.16 bits per heavy atom. The van der Waals surface area contributed by atoms with Crippen LogP contribution in [0.3, 0.4) is 0 Å². The Hall–Kier alpha value is -1.59. The fourth-order valence-corrected chi connectivity index (χ4v) is 3.73. The normalized spacial score (nSPS) is 22.4. The van der Waals surface area contributed by atoms with Gasteiger partial charge in [-0.15, -0.1) is 6.42 Å². The van der Waals surface area contributed by atoms with Crippen LogP contribution in [0, 0.1) is 12.3 Å². The first kappa shape index (κ1) is 15.5. The fraction of sp³-hybridized carbons (Fsp3) is 0.636. The van der Waals surface area contributed by atoms with E-state index in [9.17, 15) is 18.0 Å². The van der Waals surface area contributed by atoms with E-state index in [0.717, 1.165) is 0 Å². The Kier molecular flexibility index (Phi) is 4.91. The van der Waals surface area contributed by atoms with Gasteiger partial charge in [0.1, 0.15) is 0 Å². The van der Waals surface area contributed by atoms with Gasteiger partial charge in [-0.1, -0.05) is 5.92 Å². The van der Waals surface area contributed by atoms with Crippen LogP contribution < -0.4 is 5.73 Å². The average molecular weight is 288 g/mol. The lowest BCUT2D eigenvalue weighted by molar-refractivity contribution is -0.142. The van der Waals surface area contributed by atoms with E-state index >= 15 is 0 Å². The predicted molar refractivity (Wildman–Crippen MR) is 67.8 cm³/mol. The van der Waals surface area contributed by atoms with Crippen molar-refractivity contribution in [1.82, 2.24) is 4.90 Å². The maximum Gasteiger partial charge on any atom is 0.305 e. The molecule has 0 saturated carbocycles. The van der Waals surface area contributed by atoms with Gasteiger partial charge in [0.25, 0.3) is 0 Å². The number of carboxylic acids is 1. The van der Waals surface area contributed by atoms with Crippen molar-refractivity contribution in [3.05, 3.63) is 0 Å². The Morgan fingerprint density at radius 3 is 2.58 bits per heavy atom. The largest absolute Gasteiger partial charge is 0.481 e. The third kappa shape index (κ3) is 4.22. The first-order valence-corrected chi connectivity index (χ1v) is 7.50. The van der Waals surface area contributed by atoms with Crippen molar-refractivity contribution >= 4 is 21.7 Å². The van der Waals surface area contributed by atoms with E-state index in [1.165, 1.54) is 4.90 Å². The molecule has 0 radical (unpaired) electrons. The van der Waals surface area contributed by atoms with Crippen LogP contribution in [0.15, 0.2) is 0 Å². The number of aliphatic carboxylic acids is 1. The molecule has 0 aromatic heterocycles. The first-order chi connectivity index (χ1) is 8.76. The number of sulfone groups is 1. The molecule has 0 aromatic carbocycles. The number of amides is 1. The van der Waals surface area contributed by atoms with Gasteiger partial charge in [-0.2, -0.15) is 0 Å². The molecule has 1 aliphatic rings. The summed E-state index contributed by atoms with van der Waals surface area (Å²) in [6.07, 6.45) is 4.94. The molecule has 8 heteroatoms. The molecular weight excluding hydrogens is 272 g/mol. The Balaban J connectivity index is 2.81. The van der Waals surface area contributed by atoms with E-state index < -0.39 is 40.2 Å². The second-order valence-corrected chi connectivity index (χ2v) is 6.66. The molecule has 1 fully saturated rings. The van der Waals surface area contributed by atoms with Crippen LogP contribution in [0.1, 0.15) is 12.8 Å². The monoisotopic (exact) mass is 288 g/mol. The summed E-state index contributed by atoms with van der Waals surface area (Å²) in [6.45, 7) is -0.0770. The van der Waals surface area contributed by atoms with Crippen LogP contribution >= 0.6 is 0 Å². The molecule has 0 bridgehead atoms. The maximum absolute atomic E-state index is 12.0. The number of hydrogen-bond donors (Lipinski definition) is 2. The van der Waals surface area contributed by atoms with Gasteiger partial charge in [-0.3, -0.25) is 9.59 Å². The summed E-state index contributed by atoms with van der Waals surface area (Å²) in [5, 5.41) is 8.61. The van der Waals surface area contributed by atoms with Crippen molar-refractivity contribution in [2.24, 2.45) is 5.73 Å². The first-order valence-electron chi connectivity index (χ1n) is 5.68. The lowest BCUT2D eigenvalue weighted by Crippen LogP contribution is -2.50. The third-order valence-corrected chi connectivity index (χ3v) is 4.66.